The zero-order valence-corrected chi connectivity index (χ0v) is 17.8. The first-order valence-corrected chi connectivity index (χ1v) is 10.4. The summed E-state index contributed by atoms with van der Waals surface area (Å²) in [6.45, 7) is 3.99. The molecule has 2 aromatic carbocycles. The van der Waals surface area contributed by atoms with Crippen molar-refractivity contribution < 1.29 is 9.53 Å². The number of amides is 1. The van der Waals surface area contributed by atoms with Crippen molar-refractivity contribution in [2.24, 2.45) is 0 Å². The summed E-state index contributed by atoms with van der Waals surface area (Å²) < 4.78 is 7.91. The van der Waals surface area contributed by atoms with E-state index in [1.54, 1.807) is 24.3 Å². The summed E-state index contributed by atoms with van der Waals surface area (Å²) in [5, 5.41) is 2.89. The van der Waals surface area contributed by atoms with Crippen LogP contribution in [0.15, 0.2) is 76.6 Å². The molecule has 1 amide bonds. The van der Waals surface area contributed by atoms with Crippen LogP contribution in [0.1, 0.15) is 25.8 Å². The molecule has 0 aliphatic heterocycles. The van der Waals surface area contributed by atoms with Crippen molar-refractivity contribution >= 4 is 5.91 Å². The number of aryl methyl sites for hydroxylation is 1. The van der Waals surface area contributed by atoms with Crippen LogP contribution < -0.4 is 21.2 Å². The van der Waals surface area contributed by atoms with Crippen molar-refractivity contribution in [3.05, 3.63) is 93.3 Å². The van der Waals surface area contributed by atoms with E-state index in [4.69, 9.17) is 4.74 Å². The van der Waals surface area contributed by atoms with Crippen molar-refractivity contribution in [2.45, 2.75) is 39.3 Å². The van der Waals surface area contributed by atoms with Gasteiger partial charge in [0.1, 0.15) is 12.3 Å². The molecule has 0 aliphatic carbocycles. The minimum atomic E-state index is -0.763. The van der Waals surface area contributed by atoms with Gasteiger partial charge in [-0.05, 0) is 44.4 Å². The van der Waals surface area contributed by atoms with Crippen molar-refractivity contribution in [1.29, 1.82) is 0 Å². The number of carbonyl (C=O) groups is 1. The van der Waals surface area contributed by atoms with Crippen LogP contribution in [-0.4, -0.2) is 27.7 Å². The zero-order valence-electron chi connectivity index (χ0n) is 17.8. The number of ether oxygens (including phenoxy) is 1. The molecular weight excluding hydrogens is 394 g/mol. The van der Waals surface area contributed by atoms with Gasteiger partial charge in [-0.3, -0.25) is 23.5 Å². The molecule has 3 rings (SSSR count). The fourth-order valence-electron chi connectivity index (χ4n) is 3.33. The Bertz CT molecular complexity index is 1140. The quantitative estimate of drug-likeness (QED) is 0.539. The van der Waals surface area contributed by atoms with Gasteiger partial charge in [0, 0.05) is 18.4 Å². The number of hydrogen-bond acceptors (Lipinski definition) is 4. The number of hydrogen-bond donors (Lipinski definition) is 1. The number of benzene rings is 2. The molecule has 1 aromatic heterocycles. The standard InChI is InChI=1S/C24H27N3O4/c1-3-31-21-12-8-7-11-20(21)27-16-15-26(23(29)24(27)30)17-22(28)25-18(2)13-14-19-9-5-4-6-10-19/h4-12,15-16,18H,3,13-14,17H2,1-2H3,(H,25,28)/t18-/m0/s1. The third-order valence-electron chi connectivity index (χ3n) is 4.91. The fraction of sp³-hybridized carbons (Fsp3) is 0.292. The van der Waals surface area contributed by atoms with Gasteiger partial charge in [0.05, 0.1) is 12.3 Å². The SMILES string of the molecule is CCOc1ccccc1-n1ccn(CC(=O)N[C@@H](C)CCc2ccccc2)c(=O)c1=O. The highest BCUT2D eigenvalue weighted by Gasteiger charge is 2.14. The first kappa shape index (κ1) is 22.1. The number of carbonyl (C=O) groups excluding carboxylic acids is 1. The largest absolute Gasteiger partial charge is 0.492 e. The molecule has 7 nitrogen and oxygen atoms in total. The van der Waals surface area contributed by atoms with E-state index in [1.165, 1.54) is 22.5 Å². The van der Waals surface area contributed by atoms with Gasteiger partial charge in [-0.15, -0.1) is 0 Å². The minimum absolute atomic E-state index is 0.0538. The summed E-state index contributed by atoms with van der Waals surface area (Å²) in [4.78, 5) is 37.6. The van der Waals surface area contributed by atoms with Gasteiger partial charge in [0.15, 0.2) is 0 Å². The summed E-state index contributed by atoms with van der Waals surface area (Å²) in [5.41, 5.74) is 0.189. The molecule has 0 spiro atoms. The Morgan fingerprint density at radius 3 is 2.45 bits per heavy atom. The lowest BCUT2D eigenvalue weighted by Crippen LogP contribution is -2.43. The Balaban J connectivity index is 1.67. The molecule has 1 atom stereocenters. The Morgan fingerprint density at radius 2 is 1.71 bits per heavy atom. The molecule has 0 bridgehead atoms. The molecule has 0 fully saturated rings. The predicted octanol–water partition coefficient (Wildman–Crippen LogP) is 2.54. The predicted molar refractivity (Wildman–Crippen MR) is 120 cm³/mol. The molecule has 0 saturated heterocycles. The molecular formula is C24H27N3O4. The van der Waals surface area contributed by atoms with Crippen molar-refractivity contribution in [3.63, 3.8) is 0 Å². The topological polar surface area (TPSA) is 82.3 Å². The van der Waals surface area contributed by atoms with Crippen LogP contribution in [0.5, 0.6) is 5.75 Å². The molecule has 0 saturated carbocycles. The summed E-state index contributed by atoms with van der Waals surface area (Å²) in [6, 6.07) is 17.0. The van der Waals surface area contributed by atoms with Crippen LogP contribution in [-0.2, 0) is 17.8 Å². The summed E-state index contributed by atoms with van der Waals surface area (Å²) in [7, 11) is 0. The van der Waals surface area contributed by atoms with Gasteiger partial charge < -0.3 is 10.1 Å². The number of aromatic nitrogens is 2. The average molecular weight is 421 g/mol. The van der Waals surface area contributed by atoms with E-state index in [0.29, 0.717) is 18.0 Å². The highest BCUT2D eigenvalue weighted by Crippen LogP contribution is 2.20. The number of nitrogens with zero attached hydrogens (tertiary/aromatic N) is 2. The lowest BCUT2D eigenvalue weighted by Gasteiger charge is -2.15. The average Bonchev–Trinajstić information content (AvgIpc) is 2.77. The Labute approximate surface area is 180 Å². The van der Waals surface area contributed by atoms with Gasteiger partial charge in [-0.2, -0.15) is 0 Å². The first-order chi connectivity index (χ1) is 15.0. The minimum Gasteiger partial charge on any atom is -0.492 e. The molecule has 0 aliphatic rings. The highest BCUT2D eigenvalue weighted by molar-refractivity contribution is 5.76. The molecule has 31 heavy (non-hydrogen) atoms. The van der Waals surface area contributed by atoms with Crippen LogP contribution in [0.3, 0.4) is 0 Å². The second-order valence-corrected chi connectivity index (χ2v) is 7.30. The molecule has 1 heterocycles. The van der Waals surface area contributed by atoms with E-state index in [2.05, 4.69) is 5.32 Å². The van der Waals surface area contributed by atoms with Crippen LogP contribution in [0.2, 0.25) is 0 Å². The zero-order chi connectivity index (χ0) is 22.2. The van der Waals surface area contributed by atoms with Gasteiger partial charge in [-0.1, -0.05) is 42.5 Å². The van der Waals surface area contributed by atoms with E-state index in [1.807, 2.05) is 44.2 Å². The monoisotopic (exact) mass is 421 g/mol. The summed E-state index contributed by atoms with van der Waals surface area (Å²) in [6.07, 6.45) is 4.55. The third-order valence-corrected chi connectivity index (χ3v) is 4.91. The number of nitrogens with one attached hydrogen (secondary N) is 1. The van der Waals surface area contributed by atoms with Gasteiger partial charge in [0.25, 0.3) is 0 Å². The van der Waals surface area contributed by atoms with Crippen LogP contribution in [0.4, 0.5) is 0 Å². The normalized spacial score (nSPS) is 11.7. The molecule has 0 unspecified atom stereocenters. The maximum atomic E-state index is 12.7. The second kappa shape index (κ2) is 10.4. The van der Waals surface area contributed by atoms with Gasteiger partial charge in [-0.25, -0.2) is 0 Å². The van der Waals surface area contributed by atoms with E-state index in [-0.39, 0.29) is 18.5 Å². The first-order valence-electron chi connectivity index (χ1n) is 10.4. The molecule has 0 radical (unpaired) electrons. The fourth-order valence-corrected chi connectivity index (χ4v) is 3.33. The highest BCUT2D eigenvalue weighted by atomic mass is 16.5. The lowest BCUT2D eigenvalue weighted by molar-refractivity contribution is -0.122. The summed E-state index contributed by atoms with van der Waals surface area (Å²) >= 11 is 0. The van der Waals surface area contributed by atoms with Crippen LogP contribution in [0, 0.1) is 0 Å². The number of para-hydroxylation sites is 2. The van der Waals surface area contributed by atoms with Crippen molar-refractivity contribution in [1.82, 2.24) is 14.5 Å². The smallest absolute Gasteiger partial charge is 0.321 e. The van der Waals surface area contributed by atoms with E-state index in [9.17, 15) is 14.4 Å². The Hall–Kier alpha value is -3.61. The van der Waals surface area contributed by atoms with Crippen LogP contribution >= 0.6 is 0 Å². The third kappa shape index (κ3) is 5.72. The summed E-state index contributed by atoms with van der Waals surface area (Å²) in [5.74, 6) is 0.198. The molecule has 162 valence electrons. The van der Waals surface area contributed by atoms with Crippen LogP contribution in [0.25, 0.3) is 5.69 Å². The van der Waals surface area contributed by atoms with Crippen molar-refractivity contribution in [2.75, 3.05) is 6.61 Å². The second-order valence-electron chi connectivity index (χ2n) is 7.30. The number of rotatable bonds is 9. The molecule has 7 heteroatoms. The van der Waals surface area contributed by atoms with Gasteiger partial charge >= 0.3 is 11.1 Å². The van der Waals surface area contributed by atoms with E-state index in [0.717, 1.165) is 17.4 Å². The van der Waals surface area contributed by atoms with Gasteiger partial charge in [0.2, 0.25) is 5.91 Å². The lowest BCUT2D eigenvalue weighted by atomic mass is 10.1. The molecule has 3 aromatic rings. The molecule has 1 N–H and O–H groups in total. The van der Waals surface area contributed by atoms with Crippen molar-refractivity contribution in [3.8, 4) is 11.4 Å². The van der Waals surface area contributed by atoms with E-state index >= 15 is 0 Å². The Kier molecular flexibility index (Phi) is 7.43. The maximum Gasteiger partial charge on any atom is 0.321 e. The van der Waals surface area contributed by atoms with E-state index < -0.39 is 11.1 Å². The Morgan fingerprint density at radius 1 is 1.00 bits per heavy atom. The maximum absolute atomic E-state index is 12.7.